The number of hydrogen-bond acceptors (Lipinski definition) is 12. The Morgan fingerprint density at radius 1 is 1.02 bits per heavy atom. The minimum absolute atomic E-state index is 0.0575. The van der Waals surface area contributed by atoms with Crippen molar-refractivity contribution >= 4 is 48.3 Å². The Bertz CT molecular complexity index is 1650. The molecule has 3 amide bonds. The van der Waals surface area contributed by atoms with E-state index in [1.807, 2.05) is 51.8 Å². The maximum absolute atomic E-state index is 14.3. The van der Waals surface area contributed by atoms with Gasteiger partial charge in [0.25, 0.3) is 5.91 Å². The second-order valence-electron chi connectivity index (χ2n) is 15.6. The first kappa shape index (κ1) is 48.0. The van der Waals surface area contributed by atoms with Crippen LogP contribution in [0.2, 0.25) is 0 Å². The van der Waals surface area contributed by atoms with Crippen LogP contribution in [0.1, 0.15) is 121 Å². The van der Waals surface area contributed by atoms with Gasteiger partial charge in [-0.25, -0.2) is 4.98 Å². The van der Waals surface area contributed by atoms with Crippen LogP contribution >= 0.6 is 18.9 Å². The molecular weight excluding hydrogens is 768 g/mol. The van der Waals surface area contributed by atoms with Gasteiger partial charge in [0.15, 0.2) is 6.10 Å². The topological polar surface area (TPSA) is 182 Å². The van der Waals surface area contributed by atoms with Crippen molar-refractivity contribution in [3.8, 4) is 0 Å². The summed E-state index contributed by atoms with van der Waals surface area (Å²) in [5.74, 6) is -1.50. The van der Waals surface area contributed by atoms with Gasteiger partial charge >= 0.3 is 13.6 Å². The minimum Gasteiger partial charge on any atom is -0.455 e. The van der Waals surface area contributed by atoms with Gasteiger partial charge in [0.1, 0.15) is 16.7 Å². The van der Waals surface area contributed by atoms with Crippen LogP contribution in [0.15, 0.2) is 29.6 Å². The van der Waals surface area contributed by atoms with Crippen LogP contribution < -0.4 is 16.4 Å². The highest BCUT2D eigenvalue weighted by Gasteiger charge is 2.38. The number of amides is 3. The quantitative estimate of drug-likeness (QED) is 0.0660. The molecule has 1 aromatic carbocycles. The maximum atomic E-state index is 14.3. The number of carbonyl (C=O) groups excluding carboxylic acids is 4. The highest BCUT2D eigenvalue weighted by molar-refractivity contribution is 7.54. The molecule has 1 aromatic heterocycles. The Labute approximate surface area is 343 Å². The van der Waals surface area contributed by atoms with Crippen LogP contribution in [0.5, 0.6) is 0 Å². The average Bonchev–Trinajstić information content (AvgIpc) is 3.66. The van der Waals surface area contributed by atoms with Crippen molar-refractivity contribution in [3.05, 3.63) is 45.9 Å². The number of rotatable bonds is 22. The number of likely N-dealkylation sites (tertiary alicyclic amines) is 1. The lowest BCUT2D eigenvalue weighted by atomic mass is 9.92. The maximum Gasteiger partial charge on any atom is 0.333 e. The predicted molar refractivity (Wildman–Crippen MR) is 225 cm³/mol. The van der Waals surface area contributed by atoms with Crippen molar-refractivity contribution in [1.29, 1.82) is 0 Å². The Balaban J connectivity index is 1.85. The number of nitrogens with one attached hydrogen (secondary N) is 2. The zero-order chi connectivity index (χ0) is 42.4. The zero-order valence-electron chi connectivity index (χ0n) is 35.6. The van der Waals surface area contributed by atoms with Crippen molar-refractivity contribution in [1.82, 2.24) is 25.4 Å². The number of benzene rings is 1. The molecule has 4 N–H and O–H groups in total. The Morgan fingerprint density at radius 3 is 2.23 bits per heavy atom. The fourth-order valence-corrected chi connectivity index (χ4v) is 10.00. The minimum atomic E-state index is -3.47. The molecular formula is C41H67N6O8PS. The number of nitrogens with two attached hydrogens (primary N) is 1. The van der Waals surface area contributed by atoms with Crippen molar-refractivity contribution in [2.75, 3.05) is 39.6 Å². The number of piperidine rings is 1. The number of likely N-dealkylation sites (N-methyl/N-ethyl adjacent to an activating group) is 2. The summed E-state index contributed by atoms with van der Waals surface area (Å²) in [5, 5.41) is 8.21. The molecule has 320 valence electrons. The predicted octanol–water partition coefficient (Wildman–Crippen LogP) is 6.60. The number of esters is 1. The van der Waals surface area contributed by atoms with Gasteiger partial charge in [-0.15, -0.1) is 11.3 Å². The Kier molecular flexibility index (Phi) is 19.1. The van der Waals surface area contributed by atoms with E-state index >= 15 is 0 Å². The lowest BCUT2D eigenvalue weighted by Gasteiger charge is -2.38. The summed E-state index contributed by atoms with van der Waals surface area (Å²) >= 11 is 1.19. The van der Waals surface area contributed by atoms with Crippen LogP contribution in [0.4, 0.5) is 5.69 Å². The summed E-state index contributed by atoms with van der Waals surface area (Å²) in [7, 11) is 0.205. The molecule has 1 aliphatic rings. The number of carbonyl (C=O) groups is 4. The van der Waals surface area contributed by atoms with E-state index in [-0.39, 0.29) is 55.0 Å². The monoisotopic (exact) mass is 834 g/mol. The lowest BCUT2D eigenvalue weighted by molar-refractivity contribution is -0.149. The molecule has 16 heteroatoms. The van der Waals surface area contributed by atoms with Crippen LogP contribution in [0.3, 0.4) is 0 Å². The third-order valence-electron chi connectivity index (χ3n) is 10.8. The number of ether oxygens (including phenoxy) is 1. The van der Waals surface area contributed by atoms with Gasteiger partial charge in [-0.05, 0) is 82.7 Å². The van der Waals surface area contributed by atoms with E-state index in [1.165, 1.54) is 18.3 Å². The van der Waals surface area contributed by atoms with E-state index in [2.05, 4.69) is 15.6 Å². The van der Waals surface area contributed by atoms with Gasteiger partial charge in [0.05, 0.1) is 24.9 Å². The number of thiazole rings is 1. The first-order valence-corrected chi connectivity index (χ1v) is 22.9. The highest BCUT2D eigenvalue weighted by atomic mass is 32.1. The molecule has 1 fully saturated rings. The Morgan fingerprint density at radius 2 is 1.67 bits per heavy atom. The normalized spacial score (nSPS) is 18.2. The van der Waals surface area contributed by atoms with E-state index < -0.39 is 49.4 Å². The van der Waals surface area contributed by atoms with Gasteiger partial charge in [-0.1, -0.05) is 59.6 Å². The number of aromatic nitrogens is 1. The van der Waals surface area contributed by atoms with Gasteiger partial charge in [0, 0.05) is 43.5 Å². The molecule has 0 saturated carbocycles. The molecule has 0 spiro atoms. The number of nitrogen functional groups attached to an aromatic ring is 1. The standard InChI is InChI=1S/C41H67N6O8PS/c1-11-27(6)37(45-39(50)34-16-14-15-21-46(34)9)41(51)47(10)35(26(4)5)24-36(55-29(8)48)40-44-33(25-57-40)38(49)43-32(23-30-17-19-31(42)20-18-30)22-28(7)56(52,53-12-2)54-13-3/h17-20,25-28,32,34-37H,11-16,21-24,42H2,1-10H3,(H,43,49)(H,45,50)/t27?,28-,32+,34+,35+,36+,37-/m0/s1. The Hall–Kier alpha value is -3.36. The molecule has 2 aromatic rings. The average molecular weight is 835 g/mol. The fourth-order valence-electron chi connectivity index (χ4n) is 7.34. The highest BCUT2D eigenvalue weighted by Crippen LogP contribution is 2.54. The number of nitrogens with zero attached hydrogens (tertiary/aromatic N) is 3. The van der Waals surface area contributed by atoms with Gasteiger partial charge in [-0.2, -0.15) is 0 Å². The molecule has 1 unspecified atom stereocenters. The summed E-state index contributed by atoms with van der Waals surface area (Å²) in [6.07, 6.45) is 3.54. The van der Waals surface area contributed by atoms with E-state index in [1.54, 1.807) is 50.2 Å². The summed E-state index contributed by atoms with van der Waals surface area (Å²) in [6, 6.07) is 5.46. The summed E-state index contributed by atoms with van der Waals surface area (Å²) in [5.41, 5.74) is 7.07. The smallest absolute Gasteiger partial charge is 0.333 e. The number of hydrogen-bond donors (Lipinski definition) is 3. The van der Waals surface area contributed by atoms with E-state index in [0.29, 0.717) is 30.0 Å². The third kappa shape index (κ3) is 13.9. The third-order valence-corrected chi connectivity index (χ3v) is 14.3. The van der Waals surface area contributed by atoms with Crippen molar-refractivity contribution in [2.24, 2.45) is 11.8 Å². The fraction of sp³-hybridized carbons (Fsp3) is 0.683. The molecule has 57 heavy (non-hydrogen) atoms. The molecule has 1 saturated heterocycles. The van der Waals surface area contributed by atoms with Crippen molar-refractivity contribution in [2.45, 2.75) is 136 Å². The van der Waals surface area contributed by atoms with Crippen LogP contribution in [0, 0.1) is 11.8 Å². The van der Waals surface area contributed by atoms with E-state index in [0.717, 1.165) is 31.4 Å². The SMILES string of the molecule is CCOP(=O)(OCC)[C@@H](C)C[C@H](Cc1ccc(N)cc1)NC(=O)c1csc([C@@H](C[C@H](C(C)C)N(C)C(=O)[C@@H](NC(=O)[C@H]2CCCCN2C)C(C)CC)OC(C)=O)n1. The van der Waals surface area contributed by atoms with E-state index in [4.69, 9.17) is 19.5 Å². The molecule has 1 aliphatic heterocycles. The second-order valence-corrected chi connectivity index (χ2v) is 19.0. The second kappa shape index (κ2) is 22.7. The molecule has 3 rings (SSSR count). The largest absolute Gasteiger partial charge is 0.455 e. The van der Waals surface area contributed by atoms with Gasteiger partial charge in [-0.3, -0.25) is 28.6 Å². The molecule has 7 atom stereocenters. The van der Waals surface area contributed by atoms with Gasteiger partial charge < -0.3 is 35.1 Å². The molecule has 14 nitrogen and oxygen atoms in total. The molecule has 0 bridgehead atoms. The first-order chi connectivity index (χ1) is 26.9. The van der Waals surface area contributed by atoms with Gasteiger partial charge in [0.2, 0.25) is 11.8 Å². The molecule has 0 radical (unpaired) electrons. The number of anilines is 1. The lowest BCUT2D eigenvalue weighted by Crippen LogP contribution is -2.58. The first-order valence-electron chi connectivity index (χ1n) is 20.4. The summed E-state index contributed by atoms with van der Waals surface area (Å²) in [6.45, 7) is 15.8. The van der Waals surface area contributed by atoms with E-state index in [9.17, 15) is 23.7 Å². The zero-order valence-corrected chi connectivity index (χ0v) is 37.3. The summed E-state index contributed by atoms with van der Waals surface area (Å²) < 4.78 is 30.7. The van der Waals surface area contributed by atoms with Crippen molar-refractivity contribution < 1.29 is 37.5 Å². The summed E-state index contributed by atoms with van der Waals surface area (Å²) in [4.78, 5) is 62.4. The van der Waals surface area contributed by atoms with Crippen LogP contribution in [-0.2, 0) is 39.2 Å². The van der Waals surface area contributed by atoms with Crippen LogP contribution in [0.25, 0.3) is 0 Å². The van der Waals surface area contributed by atoms with Crippen LogP contribution in [-0.4, -0.2) is 102 Å². The van der Waals surface area contributed by atoms with Crippen molar-refractivity contribution in [3.63, 3.8) is 0 Å². The molecule has 2 heterocycles. The molecule has 0 aliphatic carbocycles.